The van der Waals surface area contributed by atoms with E-state index in [-0.39, 0.29) is 58.7 Å². The second-order valence-corrected chi connectivity index (χ2v) is 8.03. The zero-order valence-corrected chi connectivity index (χ0v) is 19.0. The molecule has 1 aromatic carbocycles. The van der Waals surface area contributed by atoms with Crippen LogP contribution in [0.15, 0.2) is 33.9 Å². The van der Waals surface area contributed by atoms with Gasteiger partial charge < -0.3 is 9.47 Å². The van der Waals surface area contributed by atoms with Crippen LogP contribution in [0.2, 0.25) is 10.0 Å². The fraction of sp³-hybridized carbons (Fsp3) is 0.333. The summed E-state index contributed by atoms with van der Waals surface area (Å²) >= 11 is 12.7. The predicted molar refractivity (Wildman–Crippen MR) is 117 cm³/mol. The van der Waals surface area contributed by atoms with Crippen LogP contribution in [0.25, 0.3) is 0 Å². The highest BCUT2D eigenvalue weighted by Gasteiger charge is 2.28. The summed E-state index contributed by atoms with van der Waals surface area (Å²) in [5, 5.41) is 5.26. The number of carbonyl (C=O) groups is 4. The van der Waals surface area contributed by atoms with Gasteiger partial charge in [-0.15, -0.1) is 0 Å². The minimum atomic E-state index is -0.446. The molecule has 168 valence electrons. The zero-order chi connectivity index (χ0) is 23.6. The molecule has 0 spiro atoms. The van der Waals surface area contributed by atoms with E-state index in [1.54, 1.807) is 6.92 Å². The van der Waals surface area contributed by atoms with E-state index in [4.69, 9.17) is 32.7 Å². The number of halogens is 2. The number of ketones is 2. The lowest BCUT2D eigenvalue weighted by Gasteiger charge is -2.20. The lowest BCUT2D eigenvalue weighted by Crippen LogP contribution is -2.35. The average molecular weight is 480 g/mol. The van der Waals surface area contributed by atoms with Crippen LogP contribution < -0.4 is 4.74 Å². The molecular formula is C21H19Cl2N3O6. The molecule has 0 bridgehead atoms. The Bertz CT molecular complexity index is 1090. The number of aliphatic imine (C=N–C) groups is 1. The van der Waals surface area contributed by atoms with E-state index < -0.39 is 17.7 Å². The Morgan fingerprint density at radius 1 is 1.19 bits per heavy atom. The van der Waals surface area contributed by atoms with Gasteiger partial charge in [0, 0.05) is 37.1 Å². The smallest absolute Gasteiger partial charge is 0.302 e. The third-order valence-electron chi connectivity index (χ3n) is 4.71. The molecule has 1 aromatic rings. The largest absolute Gasteiger partial charge is 0.465 e. The Hall–Kier alpha value is -3.04. The van der Waals surface area contributed by atoms with Crippen LogP contribution >= 0.6 is 23.2 Å². The van der Waals surface area contributed by atoms with E-state index in [9.17, 15) is 19.2 Å². The Kier molecular flexibility index (Phi) is 7.10. The summed E-state index contributed by atoms with van der Waals surface area (Å²) in [7, 11) is 1.45. The number of nitrogens with zero attached hydrogens (tertiary/aromatic N) is 3. The summed E-state index contributed by atoms with van der Waals surface area (Å²) < 4.78 is 10.7. The second-order valence-electron chi connectivity index (χ2n) is 7.22. The average Bonchev–Trinajstić information content (AvgIpc) is 2.72. The number of esters is 1. The minimum absolute atomic E-state index is 0.0451. The summed E-state index contributed by atoms with van der Waals surface area (Å²) in [6.07, 6.45) is 1.16. The third kappa shape index (κ3) is 5.23. The van der Waals surface area contributed by atoms with E-state index in [0.717, 1.165) is 5.01 Å². The molecule has 11 heteroatoms. The highest BCUT2D eigenvalue weighted by molar-refractivity contribution is 6.50. The summed E-state index contributed by atoms with van der Waals surface area (Å²) in [5.74, 6) is -1.67. The van der Waals surface area contributed by atoms with Crippen LogP contribution in [0.4, 0.5) is 0 Å². The highest BCUT2D eigenvalue weighted by atomic mass is 35.5. The molecule has 0 aliphatic carbocycles. The van der Waals surface area contributed by atoms with Gasteiger partial charge in [0.1, 0.15) is 12.3 Å². The molecule has 0 N–H and O–H groups in total. The third-order valence-corrected chi connectivity index (χ3v) is 5.27. The number of hydrogen-bond acceptors (Lipinski definition) is 8. The van der Waals surface area contributed by atoms with E-state index in [2.05, 4.69) is 10.1 Å². The van der Waals surface area contributed by atoms with Crippen LogP contribution in [0.3, 0.4) is 0 Å². The molecule has 2 aliphatic rings. The standard InChI is InChI=1S/C21H19Cl2N3O6/c1-10(9-31-11(2)27)13-6-18(24-8-17(13)29)32-21-14(22)4-12(5-15(21)23)20-16(28)7-19(30)26(3)25-20/h4-6,10H,7-9H2,1-3H3. The molecule has 3 rings (SSSR count). The lowest BCUT2D eigenvalue weighted by molar-refractivity contribution is -0.142. The fourth-order valence-corrected chi connectivity index (χ4v) is 3.59. The maximum Gasteiger partial charge on any atom is 0.302 e. The number of Topliss-reactive ketones (excluding diaryl/α,β-unsaturated/α-hetero) is 2. The van der Waals surface area contributed by atoms with Gasteiger partial charge in [-0.05, 0) is 12.1 Å². The first-order valence-corrected chi connectivity index (χ1v) is 10.3. The van der Waals surface area contributed by atoms with Gasteiger partial charge in [0.25, 0.3) is 0 Å². The molecule has 0 aromatic heterocycles. The second kappa shape index (κ2) is 9.62. The van der Waals surface area contributed by atoms with Gasteiger partial charge in [0.05, 0.1) is 23.1 Å². The maximum atomic E-state index is 12.2. The van der Waals surface area contributed by atoms with Gasteiger partial charge in [0.15, 0.2) is 17.3 Å². The summed E-state index contributed by atoms with van der Waals surface area (Å²) in [5.41, 5.74) is 0.795. The summed E-state index contributed by atoms with van der Waals surface area (Å²) in [6, 6.07) is 2.90. The number of benzene rings is 1. The van der Waals surface area contributed by atoms with Crippen molar-refractivity contribution in [1.29, 1.82) is 0 Å². The highest BCUT2D eigenvalue weighted by Crippen LogP contribution is 2.35. The summed E-state index contributed by atoms with van der Waals surface area (Å²) in [4.78, 5) is 51.2. The molecule has 0 saturated heterocycles. The fourth-order valence-electron chi connectivity index (χ4n) is 3.03. The van der Waals surface area contributed by atoms with E-state index >= 15 is 0 Å². The number of ether oxygens (including phenoxy) is 2. The zero-order valence-electron chi connectivity index (χ0n) is 17.5. The molecule has 1 unspecified atom stereocenters. The number of rotatable bonds is 5. The molecule has 0 radical (unpaired) electrons. The van der Waals surface area contributed by atoms with Crippen LogP contribution in [-0.2, 0) is 23.9 Å². The Morgan fingerprint density at radius 3 is 2.47 bits per heavy atom. The van der Waals surface area contributed by atoms with E-state index in [1.165, 1.54) is 32.2 Å². The molecule has 1 amide bonds. The number of hydrazone groups is 1. The first kappa shape index (κ1) is 23.6. The SMILES string of the molecule is CC(=O)OCC(C)C1=CC(Oc2c(Cl)cc(C3=NN(C)C(=O)CC3=O)cc2Cl)=NCC1=O. The van der Waals surface area contributed by atoms with E-state index in [1.807, 2.05) is 0 Å². The minimum Gasteiger partial charge on any atom is -0.465 e. The molecule has 2 heterocycles. The first-order valence-electron chi connectivity index (χ1n) is 9.55. The van der Waals surface area contributed by atoms with Gasteiger partial charge in [-0.1, -0.05) is 30.1 Å². The van der Waals surface area contributed by atoms with Crippen LogP contribution in [0.5, 0.6) is 5.75 Å². The maximum absolute atomic E-state index is 12.2. The Balaban J connectivity index is 1.84. The van der Waals surface area contributed by atoms with Crippen molar-refractivity contribution in [1.82, 2.24) is 5.01 Å². The van der Waals surface area contributed by atoms with Gasteiger partial charge >= 0.3 is 5.97 Å². The Morgan fingerprint density at radius 2 is 1.84 bits per heavy atom. The molecule has 0 fully saturated rings. The van der Waals surface area contributed by atoms with Gasteiger partial charge in [0.2, 0.25) is 11.8 Å². The van der Waals surface area contributed by atoms with Crippen molar-refractivity contribution in [3.63, 3.8) is 0 Å². The number of dihydropyridines is 1. The number of amides is 1. The molecule has 32 heavy (non-hydrogen) atoms. The van der Waals surface area contributed by atoms with Crippen molar-refractivity contribution in [2.24, 2.45) is 16.0 Å². The van der Waals surface area contributed by atoms with Crippen molar-refractivity contribution < 1.29 is 28.7 Å². The van der Waals surface area contributed by atoms with Crippen molar-refractivity contribution in [3.05, 3.63) is 39.4 Å². The molecule has 2 aliphatic heterocycles. The molecule has 0 saturated carbocycles. The quantitative estimate of drug-likeness (QED) is 0.473. The van der Waals surface area contributed by atoms with Gasteiger partial charge in [-0.2, -0.15) is 5.10 Å². The molecular weight excluding hydrogens is 461 g/mol. The van der Waals surface area contributed by atoms with Crippen molar-refractivity contribution in [2.45, 2.75) is 20.3 Å². The van der Waals surface area contributed by atoms with Crippen LogP contribution in [-0.4, -0.2) is 60.3 Å². The normalized spacial score (nSPS) is 17.5. The predicted octanol–water partition coefficient (Wildman–Crippen LogP) is 2.61. The van der Waals surface area contributed by atoms with Crippen LogP contribution in [0.1, 0.15) is 25.8 Å². The van der Waals surface area contributed by atoms with Crippen molar-refractivity contribution in [2.75, 3.05) is 20.2 Å². The van der Waals surface area contributed by atoms with E-state index in [0.29, 0.717) is 11.1 Å². The van der Waals surface area contributed by atoms with Crippen molar-refractivity contribution >= 4 is 58.3 Å². The van der Waals surface area contributed by atoms with Crippen LogP contribution in [0, 0.1) is 5.92 Å². The Labute approximate surface area is 193 Å². The lowest BCUT2D eigenvalue weighted by atomic mass is 9.96. The monoisotopic (exact) mass is 479 g/mol. The summed E-state index contributed by atoms with van der Waals surface area (Å²) in [6.45, 7) is 2.94. The van der Waals surface area contributed by atoms with Gasteiger partial charge in [-0.25, -0.2) is 10.0 Å². The number of hydrogen-bond donors (Lipinski definition) is 0. The molecule has 9 nitrogen and oxygen atoms in total. The van der Waals surface area contributed by atoms with Gasteiger partial charge in [-0.3, -0.25) is 19.2 Å². The first-order chi connectivity index (χ1) is 15.1. The number of carbonyl (C=O) groups excluding carboxylic acids is 4. The van der Waals surface area contributed by atoms with Crippen molar-refractivity contribution in [3.8, 4) is 5.75 Å². The topological polar surface area (TPSA) is 115 Å². The molecule has 1 atom stereocenters.